The first-order valence-corrected chi connectivity index (χ1v) is 8.18. The number of ether oxygens (including phenoxy) is 1. The number of benzene rings is 1. The average Bonchev–Trinajstić information content (AvgIpc) is 3.00. The van der Waals surface area contributed by atoms with Crippen molar-refractivity contribution in [1.29, 1.82) is 0 Å². The predicted molar refractivity (Wildman–Crippen MR) is 90.8 cm³/mol. The molecule has 1 aromatic carbocycles. The lowest BCUT2D eigenvalue weighted by Gasteiger charge is -2.25. The van der Waals surface area contributed by atoms with Crippen molar-refractivity contribution in [3.8, 4) is 5.75 Å². The van der Waals surface area contributed by atoms with Gasteiger partial charge in [-0.05, 0) is 44.9 Å². The van der Waals surface area contributed by atoms with Gasteiger partial charge in [0, 0.05) is 11.1 Å². The largest absolute Gasteiger partial charge is 0.495 e. The number of nitrogens with one attached hydrogen (secondary N) is 2. The Morgan fingerprint density at radius 1 is 1.22 bits per heavy atom. The normalized spacial score (nSPS) is 15.3. The van der Waals surface area contributed by atoms with Crippen molar-refractivity contribution in [1.82, 2.24) is 5.32 Å². The molecule has 126 valence electrons. The lowest BCUT2D eigenvalue weighted by atomic mass is 9.90. The fourth-order valence-corrected chi connectivity index (χ4v) is 2.77. The summed E-state index contributed by atoms with van der Waals surface area (Å²) >= 11 is 5.96. The second kappa shape index (κ2) is 7.21. The summed E-state index contributed by atoms with van der Waals surface area (Å²) in [6.07, 6.45) is 4.20. The minimum atomic E-state index is -1.18. The quantitative estimate of drug-likeness (QED) is 0.809. The van der Waals surface area contributed by atoms with Crippen molar-refractivity contribution < 1.29 is 14.3 Å². The van der Waals surface area contributed by atoms with Crippen LogP contribution in [0.25, 0.3) is 0 Å². The van der Waals surface area contributed by atoms with Gasteiger partial charge in [-0.3, -0.25) is 9.59 Å². The van der Waals surface area contributed by atoms with Gasteiger partial charge < -0.3 is 15.4 Å². The van der Waals surface area contributed by atoms with Crippen LogP contribution >= 0.6 is 11.6 Å². The van der Waals surface area contributed by atoms with Crippen molar-refractivity contribution in [3.63, 3.8) is 0 Å². The highest BCUT2D eigenvalue weighted by Crippen LogP contribution is 2.30. The van der Waals surface area contributed by atoms with E-state index in [0.717, 1.165) is 25.7 Å². The number of carbonyl (C=O) groups is 2. The SMILES string of the molecule is COc1ccc(Cl)cc1NC(=O)C(C)(C)C(=O)NC1CCCC1. The molecule has 5 nitrogen and oxygen atoms in total. The standard InChI is InChI=1S/C17H23ClN2O3/c1-17(2,15(21)19-12-6-4-5-7-12)16(22)20-13-10-11(18)8-9-14(13)23-3/h8-10,12H,4-7H2,1-3H3,(H,19,21)(H,20,22). The summed E-state index contributed by atoms with van der Waals surface area (Å²) in [5.74, 6) is -0.161. The van der Waals surface area contributed by atoms with E-state index in [9.17, 15) is 9.59 Å². The van der Waals surface area contributed by atoms with E-state index in [4.69, 9.17) is 16.3 Å². The van der Waals surface area contributed by atoms with Crippen molar-refractivity contribution in [2.24, 2.45) is 5.41 Å². The molecule has 1 fully saturated rings. The Labute approximate surface area is 141 Å². The Morgan fingerprint density at radius 3 is 2.48 bits per heavy atom. The number of hydrogen-bond donors (Lipinski definition) is 2. The van der Waals surface area contributed by atoms with E-state index in [1.54, 1.807) is 32.0 Å². The van der Waals surface area contributed by atoms with E-state index in [-0.39, 0.29) is 11.9 Å². The maximum absolute atomic E-state index is 12.6. The van der Waals surface area contributed by atoms with E-state index in [0.29, 0.717) is 16.5 Å². The number of rotatable bonds is 5. The van der Waals surface area contributed by atoms with Gasteiger partial charge >= 0.3 is 0 Å². The molecule has 0 bridgehead atoms. The number of anilines is 1. The van der Waals surface area contributed by atoms with Gasteiger partial charge in [0.15, 0.2) is 0 Å². The topological polar surface area (TPSA) is 67.4 Å². The van der Waals surface area contributed by atoms with Gasteiger partial charge in [-0.25, -0.2) is 0 Å². The predicted octanol–water partition coefficient (Wildman–Crippen LogP) is 3.37. The van der Waals surface area contributed by atoms with Gasteiger partial charge in [-0.15, -0.1) is 0 Å². The Balaban J connectivity index is 2.08. The molecule has 0 atom stereocenters. The zero-order valence-corrected chi connectivity index (χ0v) is 14.5. The minimum absolute atomic E-state index is 0.176. The number of methoxy groups -OCH3 is 1. The van der Waals surface area contributed by atoms with Gasteiger partial charge in [0.2, 0.25) is 11.8 Å². The Morgan fingerprint density at radius 2 is 1.87 bits per heavy atom. The van der Waals surface area contributed by atoms with Crippen LogP contribution in [0.1, 0.15) is 39.5 Å². The lowest BCUT2D eigenvalue weighted by Crippen LogP contribution is -2.48. The monoisotopic (exact) mass is 338 g/mol. The molecule has 23 heavy (non-hydrogen) atoms. The smallest absolute Gasteiger partial charge is 0.239 e. The second-order valence-electron chi connectivity index (χ2n) is 6.38. The van der Waals surface area contributed by atoms with Crippen LogP contribution in [0.2, 0.25) is 5.02 Å². The third-order valence-electron chi connectivity index (χ3n) is 4.24. The molecule has 0 saturated heterocycles. The molecular formula is C17H23ClN2O3. The van der Waals surface area contributed by atoms with Crippen LogP contribution in [0.4, 0.5) is 5.69 Å². The van der Waals surface area contributed by atoms with E-state index in [2.05, 4.69) is 10.6 Å². The maximum atomic E-state index is 12.6. The first-order chi connectivity index (χ1) is 10.8. The molecule has 2 N–H and O–H groups in total. The molecular weight excluding hydrogens is 316 g/mol. The highest BCUT2D eigenvalue weighted by molar-refractivity contribution is 6.31. The zero-order chi connectivity index (χ0) is 17.0. The van der Waals surface area contributed by atoms with Crippen LogP contribution in [-0.2, 0) is 9.59 Å². The summed E-state index contributed by atoms with van der Waals surface area (Å²) < 4.78 is 5.21. The summed E-state index contributed by atoms with van der Waals surface area (Å²) in [6.45, 7) is 3.23. The number of halogens is 1. The second-order valence-corrected chi connectivity index (χ2v) is 6.82. The Kier molecular flexibility index (Phi) is 5.52. The fourth-order valence-electron chi connectivity index (χ4n) is 2.60. The van der Waals surface area contributed by atoms with Crippen LogP contribution in [0.15, 0.2) is 18.2 Å². The molecule has 0 radical (unpaired) electrons. The highest BCUT2D eigenvalue weighted by Gasteiger charge is 2.37. The highest BCUT2D eigenvalue weighted by atomic mass is 35.5. The summed E-state index contributed by atoms with van der Waals surface area (Å²) in [4.78, 5) is 25.0. The molecule has 0 spiro atoms. The number of carbonyl (C=O) groups excluding carboxylic acids is 2. The third-order valence-corrected chi connectivity index (χ3v) is 4.47. The average molecular weight is 339 g/mol. The molecule has 2 rings (SSSR count). The van der Waals surface area contributed by atoms with E-state index in [1.807, 2.05) is 0 Å². The molecule has 0 aliphatic heterocycles. The first kappa shape index (κ1) is 17.6. The van der Waals surface area contributed by atoms with Gasteiger partial charge in [0.25, 0.3) is 0 Å². The van der Waals surface area contributed by atoms with Crippen LogP contribution in [0.3, 0.4) is 0 Å². The van der Waals surface area contributed by atoms with Crippen LogP contribution in [0, 0.1) is 5.41 Å². The van der Waals surface area contributed by atoms with Crippen molar-refractivity contribution in [2.45, 2.75) is 45.6 Å². The van der Waals surface area contributed by atoms with Crippen molar-refractivity contribution >= 4 is 29.1 Å². The molecule has 0 aromatic heterocycles. The van der Waals surface area contributed by atoms with Crippen LogP contribution in [0.5, 0.6) is 5.75 Å². The molecule has 6 heteroatoms. The molecule has 1 saturated carbocycles. The molecule has 2 amide bonds. The van der Waals surface area contributed by atoms with E-state index >= 15 is 0 Å². The summed E-state index contributed by atoms with van der Waals surface area (Å²) in [7, 11) is 1.51. The number of amides is 2. The van der Waals surface area contributed by atoms with Crippen molar-refractivity contribution in [3.05, 3.63) is 23.2 Å². The maximum Gasteiger partial charge on any atom is 0.239 e. The molecule has 0 heterocycles. The fraction of sp³-hybridized carbons (Fsp3) is 0.529. The van der Waals surface area contributed by atoms with E-state index < -0.39 is 11.3 Å². The van der Waals surface area contributed by atoms with Gasteiger partial charge in [0.05, 0.1) is 12.8 Å². The van der Waals surface area contributed by atoms with Gasteiger partial charge in [0.1, 0.15) is 11.2 Å². The van der Waals surface area contributed by atoms with Gasteiger partial charge in [-0.1, -0.05) is 24.4 Å². The number of hydrogen-bond acceptors (Lipinski definition) is 3. The summed E-state index contributed by atoms with van der Waals surface area (Å²) in [6, 6.07) is 5.12. The van der Waals surface area contributed by atoms with Crippen LogP contribution in [-0.4, -0.2) is 25.0 Å². The molecule has 1 aliphatic carbocycles. The molecule has 1 aliphatic rings. The Bertz CT molecular complexity index is 596. The molecule has 0 unspecified atom stereocenters. The minimum Gasteiger partial charge on any atom is -0.495 e. The van der Waals surface area contributed by atoms with Crippen LogP contribution < -0.4 is 15.4 Å². The summed E-state index contributed by atoms with van der Waals surface area (Å²) in [5.41, 5.74) is -0.734. The molecule has 1 aromatic rings. The summed E-state index contributed by atoms with van der Waals surface area (Å²) in [5, 5.41) is 6.19. The lowest BCUT2D eigenvalue weighted by molar-refractivity contribution is -0.138. The third kappa shape index (κ3) is 4.16. The Hall–Kier alpha value is -1.75. The van der Waals surface area contributed by atoms with E-state index in [1.165, 1.54) is 7.11 Å². The first-order valence-electron chi connectivity index (χ1n) is 7.80. The van der Waals surface area contributed by atoms with Gasteiger partial charge in [-0.2, -0.15) is 0 Å². The van der Waals surface area contributed by atoms with Crippen molar-refractivity contribution in [2.75, 3.05) is 12.4 Å². The zero-order valence-electron chi connectivity index (χ0n) is 13.7.